The largest absolute Gasteiger partial charge is 0.401 e. The second kappa shape index (κ2) is 9.09. The number of carbonyl (C=O) groups is 1. The average Bonchev–Trinajstić information content (AvgIpc) is 3.37. The maximum Gasteiger partial charge on any atom is 0.401 e. The van der Waals surface area contributed by atoms with Crippen molar-refractivity contribution in [3.05, 3.63) is 77.1 Å². The van der Waals surface area contributed by atoms with E-state index in [0.29, 0.717) is 29.1 Å². The first-order chi connectivity index (χ1) is 17.5. The summed E-state index contributed by atoms with van der Waals surface area (Å²) in [5.74, 6) is -1.12. The molecule has 1 aromatic carbocycles. The minimum Gasteiger partial charge on any atom is -0.358 e. The van der Waals surface area contributed by atoms with Crippen LogP contribution in [0.5, 0.6) is 0 Å². The number of amides is 1. The molecule has 1 N–H and O–H groups in total. The molecule has 37 heavy (non-hydrogen) atoms. The van der Waals surface area contributed by atoms with E-state index in [1.807, 2.05) is 13.2 Å². The van der Waals surface area contributed by atoms with E-state index < -0.39 is 23.3 Å². The Morgan fingerprint density at radius 1 is 1.22 bits per heavy atom. The predicted molar refractivity (Wildman–Crippen MR) is 124 cm³/mol. The van der Waals surface area contributed by atoms with Gasteiger partial charge in [-0.1, -0.05) is 17.3 Å². The van der Waals surface area contributed by atoms with E-state index in [1.54, 1.807) is 30.1 Å². The second-order valence-electron chi connectivity index (χ2n) is 9.17. The fraction of sp³-hybridized carbons (Fsp3) is 0.320. The SMILES string of the molecule is Cc1nc(Cc2cnn(C)c2)ncc1-c1ccc(CC(=O)Nc2cc(C3(C(F)(F)F)CC3)on2)c(F)c1. The fourth-order valence-corrected chi connectivity index (χ4v) is 4.20. The van der Waals surface area contributed by atoms with Crippen LogP contribution in [0.2, 0.25) is 0 Å². The lowest BCUT2D eigenvalue weighted by atomic mass is 10.0. The van der Waals surface area contributed by atoms with Gasteiger partial charge in [-0.3, -0.25) is 9.48 Å². The summed E-state index contributed by atoms with van der Waals surface area (Å²) in [6.07, 6.45) is 0.796. The number of hydrogen-bond acceptors (Lipinski definition) is 6. The standard InChI is InChI=1S/C25H22F4N6O2/c1-14-18(12-30-21(32-14)7-15-11-31-35(2)13-15)16-3-4-17(19(26)8-16)9-23(36)33-22-10-20(37-34-22)24(5-6-24)25(27,28)29/h3-4,8,10-13H,5-7,9H2,1-2H3,(H,33,34,36). The molecule has 0 atom stereocenters. The van der Waals surface area contributed by atoms with Crippen molar-refractivity contribution in [2.75, 3.05) is 5.32 Å². The topological polar surface area (TPSA) is 98.7 Å². The summed E-state index contributed by atoms with van der Waals surface area (Å²) in [5.41, 5.74) is 0.925. The van der Waals surface area contributed by atoms with Gasteiger partial charge < -0.3 is 9.84 Å². The van der Waals surface area contributed by atoms with Crippen molar-refractivity contribution in [3.8, 4) is 11.1 Å². The van der Waals surface area contributed by atoms with Gasteiger partial charge >= 0.3 is 6.18 Å². The molecule has 0 radical (unpaired) electrons. The molecule has 0 saturated heterocycles. The first-order valence-corrected chi connectivity index (χ1v) is 11.5. The number of anilines is 1. The molecule has 1 aliphatic rings. The molecule has 0 unspecified atom stereocenters. The molecule has 12 heteroatoms. The van der Waals surface area contributed by atoms with E-state index >= 15 is 0 Å². The minimum absolute atomic E-state index is 0.0889. The van der Waals surface area contributed by atoms with Crippen molar-refractivity contribution in [2.45, 2.75) is 44.2 Å². The van der Waals surface area contributed by atoms with Crippen LogP contribution in [0.25, 0.3) is 11.1 Å². The van der Waals surface area contributed by atoms with Crippen molar-refractivity contribution < 1.29 is 26.9 Å². The lowest BCUT2D eigenvalue weighted by Crippen LogP contribution is -2.28. The molecule has 5 rings (SSSR count). The Bertz CT molecular complexity index is 1470. The summed E-state index contributed by atoms with van der Waals surface area (Å²) in [5, 5.41) is 10.0. The summed E-state index contributed by atoms with van der Waals surface area (Å²) in [7, 11) is 1.83. The van der Waals surface area contributed by atoms with E-state index in [1.165, 1.54) is 12.1 Å². The van der Waals surface area contributed by atoms with E-state index in [9.17, 15) is 22.4 Å². The van der Waals surface area contributed by atoms with Gasteiger partial charge in [-0.2, -0.15) is 18.3 Å². The van der Waals surface area contributed by atoms with Crippen LogP contribution in [0.3, 0.4) is 0 Å². The maximum atomic E-state index is 14.8. The Morgan fingerprint density at radius 2 is 2.00 bits per heavy atom. The smallest absolute Gasteiger partial charge is 0.358 e. The molecule has 0 bridgehead atoms. The zero-order valence-electron chi connectivity index (χ0n) is 19.9. The van der Waals surface area contributed by atoms with Crippen molar-refractivity contribution in [1.29, 1.82) is 0 Å². The van der Waals surface area contributed by atoms with Gasteiger partial charge in [0, 0.05) is 43.2 Å². The second-order valence-corrected chi connectivity index (χ2v) is 9.17. The van der Waals surface area contributed by atoms with Crippen LogP contribution in [-0.4, -0.2) is 37.0 Å². The Kier molecular flexibility index (Phi) is 6.04. The number of alkyl halides is 3. The van der Waals surface area contributed by atoms with E-state index in [0.717, 1.165) is 11.6 Å². The molecular weight excluding hydrogens is 492 g/mol. The highest BCUT2D eigenvalue weighted by Gasteiger charge is 2.66. The van der Waals surface area contributed by atoms with Crippen LogP contribution in [-0.2, 0) is 30.1 Å². The normalized spacial score (nSPS) is 14.5. The molecule has 192 valence electrons. The van der Waals surface area contributed by atoms with Crippen molar-refractivity contribution in [3.63, 3.8) is 0 Å². The molecule has 1 saturated carbocycles. The third kappa shape index (κ3) is 4.95. The molecule has 3 heterocycles. The lowest BCUT2D eigenvalue weighted by Gasteiger charge is -2.14. The third-order valence-corrected chi connectivity index (χ3v) is 6.41. The Hall–Kier alpha value is -4.09. The molecule has 0 aliphatic heterocycles. The number of aryl methyl sites for hydroxylation is 2. The number of hydrogen-bond donors (Lipinski definition) is 1. The summed E-state index contributed by atoms with van der Waals surface area (Å²) < 4.78 is 61.1. The van der Waals surface area contributed by atoms with Crippen molar-refractivity contribution in [2.24, 2.45) is 7.05 Å². The molecule has 1 fully saturated rings. The van der Waals surface area contributed by atoms with E-state index in [2.05, 4.69) is 25.5 Å². The van der Waals surface area contributed by atoms with Crippen LogP contribution in [0.15, 0.2) is 47.4 Å². The number of benzene rings is 1. The van der Waals surface area contributed by atoms with Crippen molar-refractivity contribution >= 4 is 11.7 Å². The molecule has 8 nitrogen and oxygen atoms in total. The first-order valence-electron chi connectivity index (χ1n) is 11.5. The van der Waals surface area contributed by atoms with E-state index in [-0.39, 0.29) is 36.4 Å². The highest BCUT2D eigenvalue weighted by atomic mass is 19.4. The van der Waals surface area contributed by atoms with Crippen LogP contribution in [0.4, 0.5) is 23.4 Å². The predicted octanol–water partition coefficient (Wildman–Crippen LogP) is 4.68. The molecule has 0 spiro atoms. The zero-order valence-corrected chi connectivity index (χ0v) is 19.9. The van der Waals surface area contributed by atoms with Gasteiger partial charge in [0.2, 0.25) is 5.91 Å². The first kappa shape index (κ1) is 24.6. The molecule has 3 aromatic heterocycles. The lowest BCUT2D eigenvalue weighted by molar-refractivity contribution is -0.165. The van der Waals surface area contributed by atoms with Gasteiger partial charge in [0.1, 0.15) is 17.1 Å². The monoisotopic (exact) mass is 514 g/mol. The summed E-state index contributed by atoms with van der Waals surface area (Å²) >= 11 is 0. The van der Waals surface area contributed by atoms with Gasteiger partial charge in [-0.05, 0) is 42.5 Å². The quantitative estimate of drug-likeness (QED) is 0.360. The fourth-order valence-electron chi connectivity index (χ4n) is 4.20. The molecular formula is C25H22F4N6O2. The highest BCUT2D eigenvalue weighted by Crippen LogP contribution is 2.59. The Labute approximate surface area is 208 Å². The van der Waals surface area contributed by atoms with Gasteiger partial charge in [0.25, 0.3) is 0 Å². The Morgan fingerprint density at radius 3 is 2.62 bits per heavy atom. The third-order valence-electron chi connectivity index (χ3n) is 6.41. The Balaban J connectivity index is 1.24. The summed E-state index contributed by atoms with van der Waals surface area (Å²) in [6.45, 7) is 1.81. The van der Waals surface area contributed by atoms with Crippen LogP contribution in [0, 0.1) is 12.7 Å². The summed E-state index contributed by atoms with van der Waals surface area (Å²) in [6, 6.07) is 5.50. The number of nitrogens with one attached hydrogen (secondary N) is 1. The van der Waals surface area contributed by atoms with E-state index in [4.69, 9.17) is 4.52 Å². The van der Waals surface area contributed by atoms with Gasteiger partial charge in [0.15, 0.2) is 11.6 Å². The van der Waals surface area contributed by atoms with Gasteiger partial charge in [0.05, 0.1) is 12.6 Å². The molecule has 4 aromatic rings. The molecule has 1 aliphatic carbocycles. The average molecular weight is 514 g/mol. The van der Waals surface area contributed by atoms with Crippen LogP contribution < -0.4 is 5.32 Å². The maximum absolute atomic E-state index is 14.8. The minimum atomic E-state index is -4.46. The van der Waals surface area contributed by atoms with Gasteiger partial charge in [-0.15, -0.1) is 0 Å². The van der Waals surface area contributed by atoms with Crippen LogP contribution >= 0.6 is 0 Å². The van der Waals surface area contributed by atoms with Crippen LogP contribution in [0.1, 0.15) is 41.2 Å². The molecule has 1 amide bonds. The van der Waals surface area contributed by atoms with Gasteiger partial charge in [-0.25, -0.2) is 14.4 Å². The number of aromatic nitrogens is 5. The number of carbonyl (C=O) groups excluding carboxylic acids is 1. The number of nitrogens with zero attached hydrogens (tertiary/aromatic N) is 5. The number of halogens is 4. The highest BCUT2D eigenvalue weighted by molar-refractivity contribution is 5.91. The van der Waals surface area contributed by atoms with Crippen molar-refractivity contribution in [1.82, 2.24) is 24.9 Å². The zero-order chi connectivity index (χ0) is 26.4. The number of rotatable bonds is 7. The summed E-state index contributed by atoms with van der Waals surface area (Å²) in [4.78, 5) is 21.3.